The molecule has 1 aliphatic heterocycles. The second-order valence-electron chi connectivity index (χ2n) is 4.70. The van der Waals surface area contributed by atoms with Crippen molar-refractivity contribution in [3.05, 3.63) is 29.8 Å². The summed E-state index contributed by atoms with van der Waals surface area (Å²) in [6.07, 6.45) is -3.62. The Morgan fingerprint density at radius 1 is 1.35 bits per heavy atom. The van der Waals surface area contributed by atoms with Gasteiger partial charge in [-0.25, -0.2) is 0 Å². The number of nitrogens with two attached hydrogens (primary N) is 1. The average Bonchev–Trinajstić information content (AvgIpc) is 2.82. The van der Waals surface area contributed by atoms with Crippen molar-refractivity contribution < 1.29 is 22.7 Å². The van der Waals surface area contributed by atoms with Gasteiger partial charge in [-0.2, -0.15) is 13.2 Å². The van der Waals surface area contributed by atoms with Gasteiger partial charge >= 0.3 is 6.18 Å². The van der Waals surface area contributed by atoms with Gasteiger partial charge < -0.3 is 15.4 Å². The number of benzene rings is 1. The maximum atomic E-state index is 12.4. The van der Waals surface area contributed by atoms with E-state index in [-0.39, 0.29) is 24.3 Å². The SMILES string of the molecule is N[C@@H]1CCN(C(=O)COc2ccc(C(F)(F)F)cc2)C1. The van der Waals surface area contributed by atoms with Crippen molar-refractivity contribution in [2.75, 3.05) is 19.7 Å². The molecule has 1 fully saturated rings. The molecule has 1 aromatic carbocycles. The Kier molecular flexibility index (Phi) is 4.17. The predicted octanol–water partition coefficient (Wildman–Crippen LogP) is 1.64. The zero-order valence-electron chi connectivity index (χ0n) is 10.7. The number of carbonyl (C=O) groups is 1. The molecule has 2 rings (SSSR count). The number of hydrogen-bond donors (Lipinski definition) is 1. The van der Waals surface area contributed by atoms with E-state index in [9.17, 15) is 18.0 Å². The molecule has 0 radical (unpaired) electrons. The standard InChI is InChI=1S/C13H15F3N2O2/c14-13(15,16)9-1-3-11(4-2-9)20-8-12(19)18-6-5-10(17)7-18/h1-4,10H,5-8,17H2/t10-/m1/s1. The van der Waals surface area contributed by atoms with Crippen LogP contribution in [0.25, 0.3) is 0 Å². The topological polar surface area (TPSA) is 55.6 Å². The van der Waals surface area contributed by atoms with Crippen LogP contribution in [0.5, 0.6) is 5.75 Å². The molecule has 1 aliphatic rings. The van der Waals surface area contributed by atoms with Crippen LogP contribution in [0.4, 0.5) is 13.2 Å². The van der Waals surface area contributed by atoms with Crippen molar-refractivity contribution in [1.82, 2.24) is 4.90 Å². The zero-order chi connectivity index (χ0) is 14.8. The highest BCUT2D eigenvalue weighted by Crippen LogP contribution is 2.30. The molecule has 1 amide bonds. The number of amides is 1. The van der Waals surface area contributed by atoms with Gasteiger partial charge in [0.2, 0.25) is 0 Å². The largest absolute Gasteiger partial charge is 0.484 e. The van der Waals surface area contributed by atoms with Gasteiger partial charge in [0, 0.05) is 19.1 Å². The molecule has 1 saturated heterocycles. The minimum absolute atomic E-state index is 0.00924. The van der Waals surface area contributed by atoms with Crippen molar-refractivity contribution in [3.63, 3.8) is 0 Å². The third kappa shape index (κ3) is 3.63. The van der Waals surface area contributed by atoms with Crippen LogP contribution in [0.1, 0.15) is 12.0 Å². The molecule has 0 bridgehead atoms. The molecule has 20 heavy (non-hydrogen) atoms. The molecule has 1 aromatic rings. The van der Waals surface area contributed by atoms with Gasteiger partial charge in [-0.1, -0.05) is 0 Å². The van der Waals surface area contributed by atoms with E-state index in [1.807, 2.05) is 0 Å². The van der Waals surface area contributed by atoms with E-state index >= 15 is 0 Å². The molecule has 0 aliphatic carbocycles. The van der Waals surface area contributed by atoms with E-state index < -0.39 is 11.7 Å². The second kappa shape index (κ2) is 5.70. The lowest BCUT2D eigenvalue weighted by Gasteiger charge is -2.16. The van der Waals surface area contributed by atoms with Gasteiger partial charge in [-0.3, -0.25) is 4.79 Å². The van der Waals surface area contributed by atoms with Crippen LogP contribution in [0.3, 0.4) is 0 Å². The highest BCUT2D eigenvalue weighted by atomic mass is 19.4. The van der Waals surface area contributed by atoms with E-state index in [4.69, 9.17) is 10.5 Å². The molecule has 0 spiro atoms. The summed E-state index contributed by atoms with van der Waals surface area (Å²) in [7, 11) is 0. The van der Waals surface area contributed by atoms with Crippen LogP contribution in [-0.4, -0.2) is 36.5 Å². The van der Waals surface area contributed by atoms with Gasteiger partial charge in [0.1, 0.15) is 5.75 Å². The van der Waals surface area contributed by atoms with Crippen molar-refractivity contribution in [2.45, 2.75) is 18.6 Å². The van der Waals surface area contributed by atoms with E-state index in [1.54, 1.807) is 4.90 Å². The maximum absolute atomic E-state index is 12.4. The molecule has 0 saturated carbocycles. The van der Waals surface area contributed by atoms with Crippen LogP contribution in [0.2, 0.25) is 0 Å². The molecule has 4 nitrogen and oxygen atoms in total. The lowest BCUT2D eigenvalue weighted by molar-refractivity contribution is -0.137. The summed E-state index contributed by atoms with van der Waals surface area (Å²) in [5.74, 6) is 0.0210. The summed E-state index contributed by atoms with van der Waals surface area (Å²) in [5.41, 5.74) is 4.94. The molecule has 1 atom stereocenters. The lowest BCUT2D eigenvalue weighted by Crippen LogP contribution is -2.35. The predicted molar refractivity (Wildman–Crippen MR) is 66.1 cm³/mol. The molecule has 0 unspecified atom stereocenters. The number of halogens is 3. The summed E-state index contributed by atoms with van der Waals surface area (Å²) in [6.45, 7) is 0.893. The number of rotatable bonds is 3. The minimum Gasteiger partial charge on any atom is -0.484 e. The molecule has 110 valence electrons. The molecular formula is C13H15F3N2O2. The minimum atomic E-state index is -4.37. The monoisotopic (exact) mass is 288 g/mol. The molecular weight excluding hydrogens is 273 g/mol. The first kappa shape index (κ1) is 14.6. The Balaban J connectivity index is 1.86. The lowest BCUT2D eigenvalue weighted by atomic mass is 10.2. The summed E-state index contributed by atoms with van der Waals surface area (Å²) < 4.78 is 42.3. The number of alkyl halides is 3. The second-order valence-corrected chi connectivity index (χ2v) is 4.70. The Morgan fingerprint density at radius 2 is 2.00 bits per heavy atom. The van der Waals surface area contributed by atoms with E-state index in [2.05, 4.69) is 0 Å². The Morgan fingerprint density at radius 3 is 2.50 bits per heavy atom. The van der Waals surface area contributed by atoms with Crippen molar-refractivity contribution >= 4 is 5.91 Å². The van der Waals surface area contributed by atoms with Gasteiger partial charge in [0.15, 0.2) is 6.61 Å². The summed E-state index contributed by atoms with van der Waals surface area (Å²) in [5, 5.41) is 0. The highest BCUT2D eigenvalue weighted by molar-refractivity contribution is 5.78. The maximum Gasteiger partial charge on any atom is 0.416 e. The highest BCUT2D eigenvalue weighted by Gasteiger charge is 2.30. The van der Waals surface area contributed by atoms with Crippen molar-refractivity contribution in [3.8, 4) is 5.75 Å². The van der Waals surface area contributed by atoms with Crippen LogP contribution in [-0.2, 0) is 11.0 Å². The van der Waals surface area contributed by atoms with Gasteiger partial charge in [0.05, 0.1) is 5.56 Å². The van der Waals surface area contributed by atoms with Crippen molar-refractivity contribution in [2.24, 2.45) is 5.73 Å². The third-order valence-corrected chi connectivity index (χ3v) is 3.12. The molecule has 7 heteroatoms. The van der Waals surface area contributed by atoms with Gasteiger partial charge in [-0.15, -0.1) is 0 Å². The Labute approximate surface area is 114 Å². The molecule has 0 aromatic heterocycles. The van der Waals surface area contributed by atoms with Crippen LogP contribution < -0.4 is 10.5 Å². The molecule has 1 heterocycles. The van der Waals surface area contributed by atoms with E-state index in [0.717, 1.165) is 18.6 Å². The van der Waals surface area contributed by atoms with E-state index in [0.29, 0.717) is 13.1 Å². The normalized spacial score (nSPS) is 19.2. The smallest absolute Gasteiger partial charge is 0.416 e. The number of likely N-dealkylation sites (tertiary alicyclic amines) is 1. The quantitative estimate of drug-likeness (QED) is 0.920. The Hall–Kier alpha value is -1.76. The number of carbonyl (C=O) groups excluding carboxylic acids is 1. The first-order chi connectivity index (χ1) is 9.36. The zero-order valence-corrected chi connectivity index (χ0v) is 10.7. The fourth-order valence-electron chi connectivity index (χ4n) is 1.99. The van der Waals surface area contributed by atoms with Gasteiger partial charge in [-0.05, 0) is 30.7 Å². The van der Waals surface area contributed by atoms with E-state index in [1.165, 1.54) is 12.1 Å². The summed E-state index contributed by atoms with van der Waals surface area (Å²) in [6, 6.07) is 4.24. The van der Waals surface area contributed by atoms with Crippen LogP contribution >= 0.6 is 0 Å². The van der Waals surface area contributed by atoms with Crippen LogP contribution in [0.15, 0.2) is 24.3 Å². The Bertz CT molecular complexity index is 473. The fourth-order valence-corrected chi connectivity index (χ4v) is 1.99. The average molecular weight is 288 g/mol. The molecule has 2 N–H and O–H groups in total. The van der Waals surface area contributed by atoms with Crippen molar-refractivity contribution in [1.29, 1.82) is 0 Å². The first-order valence-electron chi connectivity index (χ1n) is 6.19. The first-order valence-corrected chi connectivity index (χ1v) is 6.19. The number of nitrogens with zero attached hydrogens (tertiary/aromatic N) is 1. The van der Waals surface area contributed by atoms with Gasteiger partial charge in [0.25, 0.3) is 5.91 Å². The third-order valence-electron chi connectivity index (χ3n) is 3.12. The number of hydrogen-bond acceptors (Lipinski definition) is 3. The summed E-state index contributed by atoms with van der Waals surface area (Å²) in [4.78, 5) is 13.3. The number of ether oxygens (including phenoxy) is 1. The summed E-state index contributed by atoms with van der Waals surface area (Å²) >= 11 is 0. The van der Waals surface area contributed by atoms with Crippen LogP contribution in [0, 0.1) is 0 Å². The fraction of sp³-hybridized carbons (Fsp3) is 0.462.